The van der Waals surface area contributed by atoms with E-state index in [1.807, 2.05) is 6.07 Å². The summed E-state index contributed by atoms with van der Waals surface area (Å²) in [5.74, 6) is 0.103. The number of rotatable bonds is 2. The quantitative estimate of drug-likeness (QED) is 0.732. The van der Waals surface area contributed by atoms with E-state index in [9.17, 15) is 4.79 Å². The van der Waals surface area contributed by atoms with Crippen LogP contribution in [-0.4, -0.2) is 28.8 Å². The zero-order chi connectivity index (χ0) is 10.7. The van der Waals surface area contributed by atoms with E-state index in [4.69, 9.17) is 10.00 Å². The molecule has 1 fully saturated rings. The first kappa shape index (κ1) is 9.68. The van der Waals surface area contributed by atoms with Crippen molar-refractivity contribution in [2.45, 2.75) is 18.9 Å². The van der Waals surface area contributed by atoms with E-state index in [0.29, 0.717) is 18.0 Å². The predicted molar refractivity (Wildman–Crippen MR) is 50.9 cm³/mol. The maximum absolute atomic E-state index is 11.6. The normalized spacial score (nSPS) is 19.8. The lowest BCUT2D eigenvalue weighted by Crippen LogP contribution is -2.27. The van der Waals surface area contributed by atoms with Crippen LogP contribution in [0.4, 0.5) is 5.82 Å². The number of anilines is 1. The van der Waals surface area contributed by atoms with Crippen molar-refractivity contribution in [1.29, 1.82) is 5.26 Å². The Morgan fingerprint density at radius 1 is 1.80 bits per heavy atom. The SMILES string of the molecule is N#Cc1cn[nH]c1NC(=O)C1CCCO1. The van der Waals surface area contributed by atoms with Gasteiger partial charge >= 0.3 is 0 Å². The highest BCUT2D eigenvalue weighted by atomic mass is 16.5. The van der Waals surface area contributed by atoms with Crippen molar-refractivity contribution in [3.05, 3.63) is 11.8 Å². The summed E-state index contributed by atoms with van der Waals surface area (Å²) in [7, 11) is 0. The Morgan fingerprint density at radius 3 is 3.33 bits per heavy atom. The van der Waals surface area contributed by atoms with Gasteiger partial charge in [0.15, 0.2) is 0 Å². The van der Waals surface area contributed by atoms with Gasteiger partial charge in [-0.3, -0.25) is 9.89 Å². The topological polar surface area (TPSA) is 90.8 Å². The summed E-state index contributed by atoms with van der Waals surface area (Å²) >= 11 is 0. The van der Waals surface area contributed by atoms with Crippen LogP contribution in [0.3, 0.4) is 0 Å². The third kappa shape index (κ3) is 1.97. The van der Waals surface area contributed by atoms with E-state index < -0.39 is 6.10 Å². The van der Waals surface area contributed by atoms with Crippen LogP contribution >= 0.6 is 0 Å². The third-order valence-electron chi connectivity index (χ3n) is 2.23. The highest BCUT2D eigenvalue weighted by Gasteiger charge is 2.24. The van der Waals surface area contributed by atoms with Gasteiger partial charge in [-0.25, -0.2) is 0 Å². The fourth-order valence-corrected chi connectivity index (χ4v) is 1.45. The van der Waals surface area contributed by atoms with Gasteiger partial charge in [-0.05, 0) is 12.8 Å². The second-order valence-electron chi connectivity index (χ2n) is 3.26. The first-order valence-corrected chi connectivity index (χ1v) is 4.67. The number of carbonyl (C=O) groups is 1. The Kier molecular flexibility index (Phi) is 2.65. The van der Waals surface area contributed by atoms with Crippen LogP contribution in [0.15, 0.2) is 6.20 Å². The van der Waals surface area contributed by atoms with Crippen LogP contribution in [0.5, 0.6) is 0 Å². The van der Waals surface area contributed by atoms with Crippen molar-refractivity contribution in [2.75, 3.05) is 11.9 Å². The molecule has 2 rings (SSSR count). The van der Waals surface area contributed by atoms with Crippen LogP contribution in [0, 0.1) is 11.3 Å². The van der Waals surface area contributed by atoms with E-state index in [2.05, 4.69) is 15.5 Å². The molecule has 0 spiro atoms. The Hall–Kier alpha value is -1.87. The summed E-state index contributed by atoms with van der Waals surface area (Å²) in [6.45, 7) is 0.617. The summed E-state index contributed by atoms with van der Waals surface area (Å²) < 4.78 is 5.21. The van der Waals surface area contributed by atoms with Gasteiger partial charge in [-0.1, -0.05) is 0 Å². The van der Waals surface area contributed by atoms with Crippen molar-refractivity contribution in [1.82, 2.24) is 10.2 Å². The molecule has 15 heavy (non-hydrogen) atoms. The van der Waals surface area contributed by atoms with Gasteiger partial charge in [0.2, 0.25) is 0 Å². The van der Waals surface area contributed by atoms with E-state index >= 15 is 0 Å². The van der Waals surface area contributed by atoms with Crippen molar-refractivity contribution in [3.8, 4) is 6.07 Å². The number of carbonyl (C=O) groups excluding carboxylic acids is 1. The maximum Gasteiger partial charge on any atom is 0.254 e. The molecular weight excluding hydrogens is 196 g/mol. The number of nitriles is 1. The van der Waals surface area contributed by atoms with Gasteiger partial charge in [0.25, 0.3) is 5.91 Å². The number of ether oxygens (including phenoxy) is 1. The largest absolute Gasteiger partial charge is 0.368 e. The molecule has 1 aliphatic rings. The van der Waals surface area contributed by atoms with Crippen molar-refractivity contribution in [2.24, 2.45) is 0 Å². The lowest BCUT2D eigenvalue weighted by molar-refractivity contribution is -0.124. The summed E-state index contributed by atoms with van der Waals surface area (Å²) in [6, 6.07) is 1.92. The Bertz CT molecular complexity index is 400. The Morgan fingerprint density at radius 2 is 2.67 bits per heavy atom. The fraction of sp³-hybridized carbons (Fsp3) is 0.444. The molecule has 1 aliphatic heterocycles. The smallest absolute Gasteiger partial charge is 0.254 e. The fourth-order valence-electron chi connectivity index (χ4n) is 1.45. The molecule has 0 radical (unpaired) electrons. The molecule has 0 aliphatic carbocycles. The van der Waals surface area contributed by atoms with Gasteiger partial charge in [0, 0.05) is 6.61 Å². The molecule has 1 saturated heterocycles. The third-order valence-corrected chi connectivity index (χ3v) is 2.23. The molecule has 78 valence electrons. The standard InChI is InChI=1S/C9H10N4O2/c10-4-6-5-11-13-8(6)12-9(14)7-2-1-3-15-7/h5,7H,1-3H2,(H2,11,12,13,14). The molecule has 1 unspecified atom stereocenters. The second-order valence-corrected chi connectivity index (χ2v) is 3.26. The van der Waals surface area contributed by atoms with E-state index in [0.717, 1.165) is 12.8 Å². The molecule has 1 atom stereocenters. The van der Waals surface area contributed by atoms with Gasteiger partial charge in [-0.2, -0.15) is 10.4 Å². The molecule has 1 aromatic rings. The molecule has 0 saturated carbocycles. The maximum atomic E-state index is 11.6. The molecular formula is C9H10N4O2. The van der Waals surface area contributed by atoms with E-state index in [-0.39, 0.29) is 5.91 Å². The zero-order valence-electron chi connectivity index (χ0n) is 7.99. The monoisotopic (exact) mass is 206 g/mol. The number of hydrogen-bond donors (Lipinski definition) is 2. The lowest BCUT2D eigenvalue weighted by Gasteiger charge is -2.08. The average Bonchev–Trinajstić information content (AvgIpc) is 2.87. The molecule has 1 aromatic heterocycles. The number of aromatic amines is 1. The lowest BCUT2D eigenvalue weighted by atomic mass is 10.2. The number of amides is 1. The van der Waals surface area contributed by atoms with Crippen LogP contribution in [0.1, 0.15) is 18.4 Å². The Balaban J connectivity index is 2.02. The number of hydrogen-bond acceptors (Lipinski definition) is 4. The molecule has 0 bridgehead atoms. The van der Waals surface area contributed by atoms with Gasteiger partial charge in [-0.15, -0.1) is 0 Å². The van der Waals surface area contributed by atoms with Crippen LogP contribution in [0.25, 0.3) is 0 Å². The summed E-state index contributed by atoms with van der Waals surface area (Å²) in [6.07, 6.45) is 2.58. The molecule has 2 N–H and O–H groups in total. The molecule has 0 aromatic carbocycles. The van der Waals surface area contributed by atoms with Crippen LogP contribution in [0.2, 0.25) is 0 Å². The molecule has 6 heteroatoms. The number of nitrogens with zero attached hydrogens (tertiary/aromatic N) is 2. The molecule has 6 nitrogen and oxygen atoms in total. The van der Waals surface area contributed by atoms with Gasteiger partial charge in [0.05, 0.1) is 6.20 Å². The zero-order valence-corrected chi connectivity index (χ0v) is 7.99. The minimum Gasteiger partial charge on any atom is -0.368 e. The summed E-state index contributed by atoms with van der Waals surface area (Å²) in [4.78, 5) is 11.6. The first-order chi connectivity index (χ1) is 7.31. The number of H-pyrrole nitrogens is 1. The first-order valence-electron chi connectivity index (χ1n) is 4.67. The van der Waals surface area contributed by atoms with Crippen LogP contribution < -0.4 is 5.32 Å². The highest BCUT2D eigenvalue weighted by molar-refractivity contribution is 5.94. The summed E-state index contributed by atoms with van der Waals surface area (Å²) in [5.41, 5.74) is 0.321. The van der Waals surface area contributed by atoms with Crippen molar-refractivity contribution < 1.29 is 9.53 Å². The number of nitrogens with one attached hydrogen (secondary N) is 2. The van der Waals surface area contributed by atoms with E-state index in [1.165, 1.54) is 6.20 Å². The van der Waals surface area contributed by atoms with Gasteiger partial charge < -0.3 is 10.1 Å². The van der Waals surface area contributed by atoms with Crippen LogP contribution in [-0.2, 0) is 9.53 Å². The second kappa shape index (κ2) is 4.11. The summed E-state index contributed by atoms with van der Waals surface area (Å²) in [5, 5.41) is 17.5. The van der Waals surface area contributed by atoms with E-state index in [1.54, 1.807) is 0 Å². The Labute approximate surface area is 86.2 Å². The average molecular weight is 206 g/mol. The minimum absolute atomic E-state index is 0.228. The van der Waals surface area contributed by atoms with Gasteiger partial charge in [0.1, 0.15) is 23.6 Å². The minimum atomic E-state index is -0.403. The van der Waals surface area contributed by atoms with Crippen molar-refractivity contribution >= 4 is 11.7 Å². The molecule has 1 amide bonds. The molecule has 2 heterocycles. The number of aromatic nitrogens is 2. The predicted octanol–water partition coefficient (Wildman–Crippen LogP) is 0.399. The van der Waals surface area contributed by atoms with Crippen molar-refractivity contribution in [3.63, 3.8) is 0 Å². The highest BCUT2D eigenvalue weighted by Crippen LogP contribution is 2.15.